The predicted octanol–water partition coefficient (Wildman–Crippen LogP) is 1.50. The van der Waals surface area contributed by atoms with Gasteiger partial charge < -0.3 is 16.0 Å². The van der Waals surface area contributed by atoms with Gasteiger partial charge in [0.15, 0.2) is 5.78 Å². The number of hydrogen-bond acceptors (Lipinski definition) is 4. The molecule has 1 aliphatic heterocycles. The third-order valence-electron chi connectivity index (χ3n) is 3.43. The molecule has 102 valence electrons. The van der Waals surface area contributed by atoms with Crippen LogP contribution < -0.4 is 11.1 Å². The van der Waals surface area contributed by atoms with Crippen molar-refractivity contribution in [3.8, 4) is 0 Å². The third-order valence-corrected chi connectivity index (χ3v) is 3.43. The van der Waals surface area contributed by atoms with E-state index in [4.69, 9.17) is 5.73 Å². The van der Waals surface area contributed by atoms with E-state index in [-0.39, 0.29) is 17.7 Å². The third kappa shape index (κ3) is 3.05. The van der Waals surface area contributed by atoms with Crippen LogP contribution in [0.2, 0.25) is 0 Å². The largest absolute Gasteiger partial charge is 0.398 e. The van der Waals surface area contributed by atoms with Crippen LogP contribution in [0.25, 0.3) is 0 Å². The van der Waals surface area contributed by atoms with E-state index in [1.165, 1.54) is 6.92 Å². The number of ketones is 1. The normalized spacial score (nSPS) is 19.4. The van der Waals surface area contributed by atoms with Crippen LogP contribution in [-0.4, -0.2) is 36.2 Å². The van der Waals surface area contributed by atoms with Gasteiger partial charge in [0.2, 0.25) is 5.91 Å². The van der Waals surface area contributed by atoms with Crippen molar-refractivity contribution in [2.24, 2.45) is 0 Å². The zero-order valence-corrected chi connectivity index (χ0v) is 11.3. The minimum atomic E-state index is -0.0351. The van der Waals surface area contributed by atoms with Gasteiger partial charge in [0.25, 0.3) is 0 Å². The second-order valence-electron chi connectivity index (χ2n) is 5.01. The summed E-state index contributed by atoms with van der Waals surface area (Å²) < 4.78 is 0. The monoisotopic (exact) mass is 261 g/mol. The molecule has 1 saturated heterocycles. The fourth-order valence-corrected chi connectivity index (χ4v) is 2.34. The maximum atomic E-state index is 11.4. The van der Waals surface area contributed by atoms with Gasteiger partial charge in [-0.1, -0.05) is 0 Å². The lowest BCUT2D eigenvalue weighted by Crippen LogP contribution is -2.43. The number of nitrogen functional groups attached to an aromatic ring is 1. The van der Waals surface area contributed by atoms with Gasteiger partial charge in [-0.3, -0.25) is 9.59 Å². The standard InChI is InChI=1S/C14H19N3O2/c1-9(18)12-5-3-10(7-13(12)15)16-11-4-6-14(19)17(2)8-11/h3,5,7,11,16H,4,6,8,15H2,1-2H3. The van der Waals surface area contributed by atoms with E-state index in [0.29, 0.717) is 24.2 Å². The Kier molecular flexibility index (Phi) is 3.74. The molecule has 1 heterocycles. The van der Waals surface area contributed by atoms with Crippen LogP contribution in [0.3, 0.4) is 0 Å². The van der Waals surface area contributed by atoms with Crippen LogP contribution in [0.15, 0.2) is 18.2 Å². The first-order chi connectivity index (χ1) is 8.97. The second kappa shape index (κ2) is 5.30. The van der Waals surface area contributed by atoms with Crippen LogP contribution in [0.4, 0.5) is 11.4 Å². The molecule has 5 nitrogen and oxygen atoms in total. The number of rotatable bonds is 3. The van der Waals surface area contributed by atoms with Gasteiger partial charge in [-0.05, 0) is 31.5 Å². The fourth-order valence-electron chi connectivity index (χ4n) is 2.34. The van der Waals surface area contributed by atoms with Crippen molar-refractivity contribution < 1.29 is 9.59 Å². The van der Waals surface area contributed by atoms with Gasteiger partial charge in [-0.2, -0.15) is 0 Å². The van der Waals surface area contributed by atoms with Gasteiger partial charge >= 0.3 is 0 Å². The van der Waals surface area contributed by atoms with Crippen molar-refractivity contribution in [3.05, 3.63) is 23.8 Å². The topological polar surface area (TPSA) is 75.4 Å². The number of carbonyl (C=O) groups excluding carboxylic acids is 2. The summed E-state index contributed by atoms with van der Waals surface area (Å²) in [6.45, 7) is 2.19. The number of nitrogens with one attached hydrogen (secondary N) is 1. The van der Waals surface area contributed by atoms with E-state index >= 15 is 0 Å². The molecule has 0 spiro atoms. The Morgan fingerprint density at radius 2 is 2.21 bits per heavy atom. The van der Waals surface area contributed by atoms with E-state index in [2.05, 4.69) is 5.32 Å². The smallest absolute Gasteiger partial charge is 0.222 e. The summed E-state index contributed by atoms with van der Waals surface area (Å²) in [7, 11) is 1.81. The summed E-state index contributed by atoms with van der Waals surface area (Å²) in [6.07, 6.45) is 1.38. The molecule has 3 N–H and O–H groups in total. The number of nitrogens with zero attached hydrogens (tertiary/aromatic N) is 1. The highest BCUT2D eigenvalue weighted by molar-refractivity contribution is 5.99. The molecule has 0 saturated carbocycles. The summed E-state index contributed by atoms with van der Waals surface area (Å²) in [4.78, 5) is 24.4. The predicted molar refractivity (Wildman–Crippen MR) is 75.1 cm³/mol. The molecule has 0 aliphatic carbocycles. The molecule has 1 aromatic carbocycles. The summed E-state index contributed by atoms with van der Waals surface area (Å²) in [5.41, 5.74) is 7.76. The minimum Gasteiger partial charge on any atom is -0.398 e. The first-order valence-electron chi connectivity index (χ1n) is 6.38. The van der Waals surface area contributed by atoms with E-state index in [1.807, 2.05) is 13.1 Å². The number of amides is 1. The Morgan fingerprint density at radius 1 is 1.47 bits per heavy atom. The Morgan fingerprint density at radius 3 is 2.79 bits per heavy atom. The molecule has 1 aromatic rings. The number of likely N-dealkylation sites (N-methyl/N-ethyl adjacent to an activating group) is 1. The number of piperidine rings is 1. The number of hydrogen-bond donors (Lipinski definition) is 2. The van der Waals surface area contributed by atoms with E-state index < -0.39 is 0 Å². The molecule has 0 radical (unpaired) electrons. The molecular formula is C14H19N3O2. The van der Waals surface area contributed by atoms with Crippen molar-refractivity contribution in [3.63, 3.8) is 0 Å². The van der Waals surface area contributed by atoms with Crippen molar-refractivity contribution >= 4 is 23.1 Å². The highest BCUT2D eigenvalue weighted by Crippen LogP contribution is 2.21. The minimum absolute atomic E-state index is 0.0351. The Balaban J connectivity index is 2.06. The molecule has 1 aliphatic rings. The average Bonchev–Trinajstić information content (AvgIpc) is 2.33. The molecular weight excluding hydrogens is 242 g/mol. The highest BCUT2D eigenvalue weighted by Gasteiger charge is 2.22. The van der Waals surface area contributed by atoms with Crippen molar-refractivity contribution in [1.82, 2.24) is 4.90 Å². The van der Waals surface area contributed by atoms with Gasteiger partial charge in [0.1, 0.15) is 0 Å². The van der Waals surface area contributed by atoms with Crippen LogP contribution in [0.1, 0.15) is 30.1 Å². The van der Waals surface area contributed by atoms with Gasteiger partial charge in [0, 0.05) is 43.0 Å². The molecule has 1 fully saturated rings. The second-order valence-corrected chi connectivity index (χ2v) is 5.01. The number of likely N-dealkylation sites (tertiary alicyclic amines) is 1. The van der Waals surface area contributed by atoms with Gasteiger partial charge in [-0.15, -0.1) is 0 Å². The van der Waals surface area contributed by atoms with Crippen molar-refractivity contribution in [2.75, 3.05) is 24.6 Å². The lowest BCUT2D eigenvalue weighted by atomic mass is 10.0. The number of nitrogens with two attached hydrogens (primary N) is 1. The highest BCUT2D eigenvalue weighted by atomic mass is 16.2. The SMILES string of the molecule is CC(=O)c1ccc(NC2CCC(=O)N(C)C2)cc1N. The fraction of sp³-hybridized carbons (Fsp3) is 0.429. The molecule has 0 bridgehead atoms. The average molecular weight is 261 g/mol. The van der Waals surface area contributed by atoms with Crippen molar-refractivity contribution in [1.29, 1.82) is 0 Å². The van der Waals surface area contributed by atoms with Crippen LogP contribution in [-0.2, 0) is 4.79 Å². The quantitative estimate of drug-likeness (QED) is 0.638. The number of Topliss-reactive ketones (excluding diaryl/α,β-unsaturated/α-hetero) is 1. The number of carbonyl (C=O) groups is 2. The first kappa shape index (κ1) is 13.4. The summed E-state index contributed by atoms with van der Waals surface area (Å²) >= 11 is 0. The molecule has 5 heteroatoms. The number of anilines is 2. The molecule has 1 amide bonds. The number of benzene rings is 1. The Labute approximate surface area is 112 Å². The summed E-state index contributed by atoms with van der Waals surface area (Å²) in [5, 5.41) is 3.35. The molecule has 0 aromatic heterocycles. The van der Waals surface area contributed by atoms with E-state index in [0.717, 1.165) is 12.1 Å². The van der Waals surface area contributed by atoms with Crippen LogP contribution >= 0.6 is 0 Å². The van der Waals surface area contributed by atoms with Crippen LogP contribution in [0.5, 0.6) is 0 Å². The van der Waals surface area contributed by atoms with Crippen molar-refractivity contribution in [2.45, 2.75) is 25.8 Å². The first-order valence-corrected chi connectivity index (χ1v) is 6.38. The zero-order valence-electron chi connectivity index (χ0n) is 11.3. The Hall–Kier alpha value is -2.04. The zero-order chi connectivity index (χ0) is 14.0. The lowest BCUT2D eigenvalue weighted by Gasteiger charge is -2.30. The van der Waals surface area contributed by atoms with Crippen LogP contribution in [0, 0.1) is 0 Å². The summed E-state index contributed by atoms with van der Waals surface area (Å²) in [6, 6.07) is 5.58. The molecule has 1 atom stereocenters. The van der Waals surface area contributed by atoms with E-state index in [1.54, 1.807) is 17.0 Å². The van der Waals surface area contributed by atoms with Gasteiger partial charge in [0.05, 0.1) is 0 Å². The lowest BCUT2D eigenvalue weighted by molar-refractivity contribution is -0.132. The molecule has 1 unspecified atom stereocenters. The Bertz CT molecular complexity index is 513. The van der Waals surface area contributed by atoms with E-state index in [9.17, 15) is 9.59 Å². The maximum Gasteiger partial charge on any atom is 0.222 e. The summed E-state index contributed by atoms with van der Waals surface area (Å²) in [5.74, 6) is 0.150. The molecule has 19 heavy (non-hydrogen) atoms. The van der Waals surface area contributed by atoms with Gasteiger partial charge in [-0.25, -0.2) is 0 Å². The molecule has 2 rings (SSSR count). The maximum absolute atomic E-state index is 11.4.